The highest BCUT2D eigenvalue weighted by atomic mass is 19.1. The second-order valence-electron chi connectivity index (χ2n) is 3.82. The fraction of sp³-hybridized carbons (Fsp3) is 0.455. The van der Waals surface area contributed by atoms with E-state index in [4.69, 9.17) is 10.5 Å². The fourth-order valence-electron chi connectivity index (χ4n) is 1.88. The molecule has 3 N–H and O–H groups in total. The molecule has 1 atom stereocenters. The maximum Gasteiger partial charge on any atom is 0.148 e. The van der Waals surface area contributed by atoms with Gasteiger partial charge in [0.1, 0.15) is 5.82 Å². The highest BCUT2D eigenvalue weighted by Gasteiger charge is 2.24. The van der Waals surface area contributed by atoms with Gasteiger partial charge in [-0.1, -0.05) is 0 Å². The average molecular weight is 226 g/mol. The first-order valence-electron chi connectivity index (χ1n) is 5.22. The first-order chi connectivity index (χ1) is 7.72. The summed E-state index contributed by atoms with van der Waals surface area (Å²) in [6, 6.07) is 4.40. The van der Waals surface area contributed by atoms with E-state index in [-0.39, 0.29) is 18.5 Å². The molecule has 0 aliphatic carbocycles. The molecule has 0 saturated carbocycles. The summed E-state index contributed by atoms with van der Waals surface area (Å²) >= 11 is 0. The van der Waals surface area contributed by atoms with E-state index in [1.54, 1.807) is 12.1 Å². The molecule has 1 aromatic carbocycles. The van der Waals surface area contributed by atoms with Crippen molar-refractivity contribution >= 4 is 11.4 Å². The summed E-state index contributed by atoms with van der Waals surface area (Å²) in [5, 5.41) is 9.20. The number of nitrogen functional groups attached to an aromatic ring is 1. The van der Waals surface area contributed by atoms with E-state index in [0.717, 1.165) is 0 Å². The van der Waals surface area contributed by atoms with Crippen LogP contribution in [-0.4, -0.2) is 37.5 Å². The Morgan fingerprint density at radius 1 is 1.56 bits per heavy atom. The van der Waals surface area contributed by atoms with Crippen molar-refractivity contribution in [2.24, 2.45) is 0 Å². The number of ether oxygens (including phenoxy) is 1. The van der Waals surface area contributed by atoms with Gasteiger partial charge in [0.15, 0.2) is 0 Å². The molecular formula is C11H15FN2O2. The SMILES string of the molecule is Nc1ccc(N2CCOCC2CO)c(F)c1. The fourth-order valence-corrected chi connectivity index (χ4v) is 1.88. The lowest BCUT2D eigenvalue weighted by Crippen LogP contribution is -2.48. The van der Waals surface area contributed by atoms with Crippen molar-refractivity contribution in [3.63, 3.8) is 0 Å². The number of benzene rings is 1. The molecule has 1 heterocycles. The third-order valence-corrected chi connectivity index (χ3v) is 2.72. The molecule has 88 valence electrons. The van der Waals surface area contributed by atoms with E-state index in [0.29, 0.717) is 31.1 Å². The van der Waals surface area contributed by atoms with E-state index in [9.17, 15) is 9.50 Å². The molecular weight excluding hydrogens is 211 g/mol. The smallest absolute Gasteiger partial charge is 0.148 e. The van der Waals surface area contributed by atoms with Crippen molar-refractivity contribution in [3.8, 4) is 0 Å². The van der Waals surface area contributed by atoms with Crippen LogP contribution in [0.25, 0.3) is 0 Å². The first kappa shape index (κ1) is 11.2. The summed E-state index contributed by atoms with van der Waals surface area (Å²) in [5.74, 6) is -0.361. The molecule has 1 unspecified atom stereocenters. The molecule has 0 radical (unpaired) electrons. The topological polar surface area (TPSA) is 58.7 Å². The molecule has 4 nitrogen and oxygen atoms in total. The second-order valence-corrected chi connectivity index (χ2v) is 3.82. The van der Waals surface area contributed by atoms with Crippen molar-refractivity contribution in [2.45, 2.75) is 6.04 Å². The zero-order chi connectivity index (χ0) is 11.5. The van der Waals surface area contributed by atoms with Crippen LogP contribution in [0.5, 0.6) is 0 Å². The zero-order valence-corrected chi connectivity index (χ0v) is 8.90. The molecule has 1 aliphatic rings. The van der Waals surface area contributed by atoms with E-state index in [1.165, 1.54) is 6.07 Å². The molecule has 1 fully saturated rings. The van der Waals surface area contributed by atoms with Crippen LogP contribution in [0.15, 0.2) is 18.2 Å². The molecule has 0 aromatic heterocycles. The molecule has 0 amide bonds. The third-order valence-electron chi connectivity index (χ3n) is 2.72. The highest BCUT2D eigenvalue weighted by Crippen LogP contribution is 2.24. The Labute approximate surface area is 93.4 Å². The molecule has 1 aromatic rings. The minimum Gasteiger partial charge on any atom is -0.399 e. The van der Waals surface area contributed by atoms with Crippen LogP contribution >= 0.6 is 0 Å². The lowest BCUT2D eigenvalue weighted by Gasteiger charge is -2.36. The number of anilines is 2. The minimum atomic E-state index is -0.361. The monoisotopic (exact) mass is 226 g/mol. The number of morpholine rings is 1. The van der Waals surface area contributed by atoms with E-state index < -0.39 is 0 Å². The summed E-state index contributed by atoms with van der Waals surface area (Å²) in [7, 11) is 0. The third kappa shape index (κ3) is 2.10. The van der Waals surface area contributed by atoms with Gasteiger partial charge in [-0.2, -0.15) is 0 Å². The first-order valence-corrected chi connectivity index (χ1v) is 5.22. The molecule has 0 bridgehead atoms. The number of rotatable bonds is 2. The van der Waals surface area contributed by atoms with Crippen LogP contribution in [0.3, 0.4) is 0 Å². The number of nitrogens with zero attached hydrogens (tertiary/aromatic N) is 1. The van der Waals surface area contributed by atoms with Crippen LogP contribution in [0, 0.1) is 5.82 Å². The van der Waals surface area contributed by atoms with Crippen LogP contribution in [0.1, 0.15) is 0 Å². The second kappa shape index (κ2) is 4.67. The van der Waals surface area contributed by atoms with Gasteiger partial charge in [-0.05, 0) is 18.2 Å². The van der Waals surface area contributed by atoms with Crippen LogP contribution in [0.4, 0.5) is 15.8 Å². The lowest BCUT2D eigenvalue weighted by molar-refractivity contribution is 0.0723. The normalized spacial score (nSPS) is 21.1. The van der Waals surface area contributed by atoms with E-state index in [1.807, 2.05) is 4.90 Å². The number of nitrogens with two attached hydrogens (primary N) is 1. The number of halogens is 1. The van der Waals surface area contributed by atoms with Crippen molar-refractivity contribution in [1.82, 2.24) is 0 Å². The Kier molecular flexibility index (Phi) is 3.26. The standard InChI is InChI=1S/C11H15FN2O2/c12-10-5-8(13)1-2-11(10)14-3-4-16-7-9(14)6-15/h1-2,5,9,15H,3-4,6-7,13H2. The maximum absolute atomic E-state index is 13.7. The Morgan fingerprint density at radius 3 is 3.06 bits per heavy atom. The minimum absolute atomic E-state index is 0.0518. The van der Waals surface area contributed by atoms with Gasteiger partial charge in [0.25, 0.3) is 0 Å². The van der Waals surface area contributed by atoms with Crippen LogP contribution in [0.2, 0.25) is 0 Å². The Balaban J connectivity index is 2.27. The predicted molar refractivity (Wildman–Crippen MR) is 59.9 cm³/mol. The number of hydrogen-bond donors (Lipinski definition) is 2. The van der Waals surface area contributed by atoms with Gasteiger partial charge >= 0.3 is 0 Å². The van der Waals surface area contributed by atoms with Gasteiger partial charge in [-0.15, -0.1) is 0 Å². The van der Waals surface area contributed by atoms with Gasteiger partial charge < -0.3 is 20.5 Å². The summed E-state index contributed by atoms with van der Waals surface area (Å²) in [5.41, 5.74) is 6.36. The summed E-state index contributed by atoms with van der Waals surface area (Å²) in [6.07, 6.45) is 0. The van der Waals surface area contributed by atoms with Gasteiger partial charge in [0.2, 0.25) is 0 Å². The Bertz CT molecular complexity index is 373. The van der Waals surface area contributed by atoms with Gasteiger partial charge in [-0.25, -0.2) is 4.39 Å². The summed E-state index contributed by atoms with van der Waals surface area (Å²) in [4.78, 5) is 1.82. The summed E-state index contributed by atoms with van der Waals surface area (Å²) < 4.78 is 18.9. The quantitative estimate of drug-likeness (QED) is 0.725. The van der Waals surface area contributed by atoms with Crippen molar-refractivity contribution in [3.05, 3.63) is 24.0 Å². The van der Waals surface area contributed by atoms with E-state index in [2.05, 4.69) is 0 Å². The van der Waals surface area contributed by atoms with Crippen molar-refractivity contribution < 1.29 is 14.2 Å². The largest absolute Gasteiger partial charge is 0.399 e. The zero-order valence-electron chi connectivity index (χ0n) is 8.90. The van der Waals surface area contributed by atoms with Crippen LogP contribution < -0.4 is 10.6 Å². The molecule has 1 aliphatic heterocycles. The van der Waals surface area contributed by atoms with Gasteiger partial charge in [0.05, 0.1) is 31.5 Å². The van der Waals surface area contributed by atoms with Crippen LogP contribution in [-0.2, 0) is 4.74 Å². The Hall–Kier alpha value is -1.33. The molecule has 5 heteroatoms. The maximum atomic E-state index is 13.7. The Morgan fingerprint density at radius 2 is 2.38 bits per heavy atom. The van der Waals surface area contributed by atoms with Crippen molar-refractivity contribution in [1.29, 1.82) is 0 Å². The lowest BCUT2D eigenvalue weighted by atomic mass is 10.2. The van der Waals surface area contributed by atoms with Gasteiger partial charge in [-0.3, -0.25) is 0 Å². The number of aliphatic hydroxyl groups is 1. The van der Waals surface area contributed by atoms with E-state index >= 15 is 0 Å². The number of hydrogen-bond acceptors (Lipinski definition) is 4. The number of aliphatic hydroxyl groups excluding tert-OH is 1. The highest BCUT2D eigenvalue weighted by molar-refractivity contribution is 5.55. The van der Waals surface area contributed by atoms with Crippen molar-refractivity contribution in [2.75, 3.05) is 37.0 Å². The predicted octanol–water partition coefficient (Wildman–Crippen LogP) is 0.605. The molecule has 1 saturated heterocycles. The average Bonchev–Trinajstić information content (AvgIpc) is 2.29. The molecule has 16 heavy (non-hydrogen) atoms. The summed E-state index contributed by atoms with van der Waals surface area (Å²) in [6.45, 7) is 1.48. The van der Waals surface area contributed by atoms with Gasteiger partial charge in [0, 0.05) is 12.2 Å². The molecule has 2 rings (SSSR count). The molecule has 0 spiro atoms.